The second-order valence-corrected chi connectivity index (χ2v) is 5.97. The van der Waals surface area contributed by atoms with Gasteiger partial charge in [0.2, 0.25) is 0 Å². The van der Waals surface area contributed by atoms with Crippen LogP contribution in [-0.4, -0.2) is 24.5 Å². The van der Waals surface area contributed by atoms with E-state index < -0.39 is 5.92 Å². The van der Waals surface area contributed by atoms with Crippen LogP contribution in [0.2, 0.25) is 5.02 Å². The Morgan fingerprint density at radius 3 is 2.78 bits per heavy atom. The van der Waals surface area contributed by atoms with E-state index in [1.807, 2.05) is 19.9 Å². The Balaban J connectivity index is 2.42. The lowest BCUT2D eigenvalue weighted by Gasteiger charge is -2.13. The van der Waals surface area contributed by atoms with Gasteiger partial charge in [0.05, 0.1) is 24.8 Å². The summed E-state index contributed by atoms with van der Waals surface area (Å²) in [6, 6.07) is 5.03. The highest BCUT2D eigenvalue weighted by Gasteiger charge is 2.26. The summed E-state index contributed by atoms with van der Waals surface area (Å²) < 4.78 is 10.7. The number of rotatable bonds is 6. The van der Waals surface area contributed by atoms with Crippen molar-refractivity contribution in [3.63, 3.8) is 0 Å². The fourth-order valence-electron chi connectivity index (χ4n) is 2.04. The third-order valence-corrected chi connectivity index (χ3v) is 4.39. The Bertz CT molecular complexity index is 767. The normalized spacial score (nSPS) is 11.6. The Kier molecular flexibility index (Phi) is 5.59. The van der Waals surface area contributed by atoms with Gasteiger partial charge in [-0.05, 0) is 26.0 Å². The van der Waals surface area contributed by atoms with E-state index >= 15 is 0 Å². The first-order valence-electron chi connectivity index (χ1n) is 6.88. The molecule has 0 saturated heterocycles. The number of thiazole rings is 1. The number of aromatic nitrogens is 1. The van der Waals surface area contributed by atoms with Crippen molar-refractivity contribution in [2.75, 3.05) is 13.7 Å². The third-order valence-electron chi connectivity index (χ3n) is 3.08. The molecule has 0 fully saturated rings. The lowest BCUT2D eigenvalue weighted by molar-refractivity contribution is 0.0978. The van der Waals surface area contributed by atoms with Crippen molar-refractivity contribution in [2.45, 2.75) is 19.8 Å². The molecular weight excluding hydrogens is 336 g/mol. The van der Waals surface area contributed by atoms with E-state index in [1.54, 1.807) is 5.38 Å². The Morgan fingerprint density at radius 1 is 1.52 bits per heavy atom. The van der Waals surface area contributed by atoms with E-state index in [-0.39, 0.29) is 16.4 Å². The van der Waals surface area contributed by atoms with Crippen LogP contribution < -0.4 is 9.47 Å². The fourth-order valence-corrected chi connectivity index (χ4v) is 3.15. The van der Waals surface area contributed by atoms with Crippen LogP contribution in [0, 0.1) is 18.3 Å². The van der Waals surface area contributed by atoms with Crippen LogP contribution in [0.4, 0.5) is 0 Å². The molecule has 1 heterocycles. The summed E-state index contributed by atoms with van der Waals surface area (Å²) in [5, 5.41) is 11.9. The maximum Gasteiger partial charge on any atom is 0.187 e. The van der Waals surface area contributed by atoms with Gasteiger partial charge >= 0.3 is 0 Å². The summed E-state index contributed by atoms with van der Waals surface area (Å²) in [7, 11) is 1.47. The van der Waals surface area contributed by atoms with Crippen molar-refractivity contribution < 1.29 is 14.3 Å². The van der Waals surface area contributed by atoms with E-state index in [1.165, 1.54) is 30.6 Å². The fraction of sp³-hybridized carbons (Fsp3) is 0.312. The van der Waals surface area contributed by atoms with Gasteiger partial charge < -0.3 is 9.47 Å². The number of benzene rings is 1. The molecule has 1 aromatic heterocycles. The Hall–Kier alpha value is -2.10. The van der Waals surface area contributed by atoms with E-state index in [2.05, 4.69) is 4.98 Å². The van der Waals surface area contributed by atoms with Gasteiger partial charge in [-0.2, -0.15) is 5.26 Å². The summed E-state index contributed by atoms with van der Waals surface area (Å²) in [4.78, 5) is 16.9. The van der Waals surface area contributed by atoms with Gasteiger partial charge in [-0.15, -0.1) is 11.3 Å². The van der Waals surface area contributed by atoms with E-state index in [0.717, 1.165) is 5.69 Å². The molecule has 0 saturated carbocycles. The highest BCUT2D eigenvalue weighted by Crippen LogP contribution is 2.37. The summed E-state index contributed by atoms with van der Waals surface area (Å²) in [5.41, 5.74) is 1.06. The van der Waals surface area contributed by atoms with Gasteiger partial charge in [0.15, 0.2) is 23.2 Å². The number of ether oxygens (including phenoxy) is 2. The highest BCUT2D eigenvalue weighted by atomic mass is 35.5. The molecule has 0 aliphatic carbocycles. The van der Waals surface area contributed by atoms with Gasteiger partial charge in [-0.25, -0.2) is 4.98 Å². The summed E-state index contributed by atoms with van der Waals surface area (Å²) >= 11 is 7.47. The largest absolute Gasteiger partial charge is 0.493 e. The number of methoxy groups -OCH3 is 1. The van der Waals surface area contributed by atoms with Crippen molar-refractivity contribution in [3.05, 3.63) is 38.8 Å². The maximum absolute atomic E-state index is 12.7. The van der Waals surface area contributed by atoms with Crippen LogP contribution in [0.5, 0.6) is 11.5 Å². The minimum Gasteiger partial charge on any atom is -0.493 e. The molecule has 0 spiro atoms. The van der Waals surface area contributed by atoms with Gasteiger partial charge in [-0.1, -0.05) is 11.6 Å². The van der Waals surface area contributed by atoms with Crippen LogP contribution in [-0.2, 0) is 0 Å². The molecule has 0 bridgehead atoms. The molecule has 0 N–H and O–H groups in total. The predicted molar refractivity (Wildman–Crippen MR) is 88.7 cm³/mol. The number of nitrogens with zero attached hydrogens (tertiary/aromatic N) is 2. The van der Waals surface area contributed by atoms with Gasteiger partial charge in [0.1, 0.15) is 5.01 Å². The average Bonchev–Trinajstić information content (AvgIpc) is 2.96. The van der Waals surface area contributed by atoms with E-state index in [0.29, 0.717) is 23.1 Å². The Morgan fingerprint density at radius 2 is 2.26 bits per heavy atom. The predicted octanol–water partition coefficient (Wildman–Crippen LogP) is 4.00. The smallest absolute Gasteiger partial charge is 0.187 e. The minimum absolute atomic E-state index is 0.265. The summed E-state index contributed by atoms with van der Waals surface area (Å²) in [6.07, 6.45) is 0. The monoisotopic (exact) mass is 350 g/mol. The van der Waals surface area contributed by atoms with Crippen LogP contribution >= 0.6 is 22.9 Å². The number of ketones is 1. The van der Waals surface area contributed by atoms with Crippen molar-refractivity contribution in [2.24, 2.45) is 0 Å². The first kappa shape index (κ1) is 17.3. The summed E-state index contributed by atoms with van der Waals surface area (Å²) in [6.45, 7) is 4.06. The lowest BCUT2D eigenvalue weighted by Crippen LogP contribution is -2.12. The van der Waals surface area contributed by atoms with Crippen LogP contribution in [0.25, 0.3) is 0 Å². The number of carbonyl (C=O) groups is 1. The second-order valence-electron chi connectivity index (χ2n) is 4.68. The Labute approximate surface area is 143 Å². The highest BCUT2D eigenvalue weighted by molar-refractivity contribution is 7.10. The number of hydrogen-bond acceptors (Lipinski definition) is 6. The molecule has 1 atom stereocenters. The molecular formula is C16H15ClN2O3S. The zero-order chi connectivity index (χ0) is 17.0. The zero-order valence-corrected chi connectivity index (χ0v) is 14.5. The van der Waals surface area contributed by atoms with Crippen LogP contribution in [0.1, 0.15) is 33.9 Å². The molecule has 5 nitrogen and oxygen atoms in total. The molecule has 2 rings (SSSR count). The number of carbonyl (C=O) groups excluding carboxylic acids is 1. The van der Waals surface area contributed by atoms with E-state index in [9.17, 15) is 10.1 Å². The SMILES string of the molecule is CCOc1c(Cl)cc(C(=O)C(C#N)c2nc(C)cs2)cc1OC. The molecule has 2 aromatic rings. The van der Waals surface area contributed by atoms with Crippen molar-refractivity contribution in [1.82, 2.24) is 4.98 Å². The van der Waals surface area contributed by atoms with Gasteiger partial charge in [0.25, 0.3) is 0 Å². The van der Waals surface area contributed by atoms with Crippen LogP contribution in [0.15, 0.2) is 17.5 Å². The number of halogens is 1. The average molecular weight is 351 g/mol. The van der Waals surface area contributed by atoms with Crippen molar-refractivity contribution in [3.8, 4) is 17.6 Å². The van der Waals surface area contributed by atoms with Gasteiger partial charge in [-0.3, -0.25) is 4.79 Å². The molecule has 1 aromatic carbocycles. The zero-order valence-electron chi connectivity index (χ0n) is 12.9. The number of nitriles is 1. The molecule has 23 heavy (non-hydrogen) atoms. The molecule has 1 unspecified atom stereocenters. The van der Waals surface area contributed by atoms with Crippen molar-refractivity contribution in [1.29, 1.82) is 5.26 Å². The molecule has 120 valence electrons. The van der Waals surface area contributed by atoms with Crippen molar-refractivity contribution >= 4 is 28.7 Å². The first-order chi connectivity index (χ1) is 11.0. The standard InChI is InChI=1S/C16H15ClN2O3S/c1-4-22-15-12(17)5-10(6-13(15)21-3)14(20)11(7-18)16-19-9(2)8-23-16/h5-6,8,11H,4H2,1-3H3. The molecule has 0 amide bonds. The molecule has 7 heteroatoms. The molecule has 0 aliphatic rings. The van der Waals surface area contributed by atoms with E-state index in [4.69, 9.17) is 21.1 Å². The lowest BCUT2D eigenvalue weighted by atomic mass is 9.99. The maximum atomic E-state index is 12.7. The first-order valence-corrected chi connectivity index (χ1v) is 8.13. The van der Waals surface area contributed by atoms with Gasteiger partial charge in [0, 0.05) is 16.6 Å². The molecule has 0 aliphatic heterocycles. The minimum atomic E-state index is -0.965. The number of Topliss-reactive ketones (excluding diaryl/α,β-unsaturated/α-hetero) is 1. The second kappa shape index (κ2) is 7.44. The van der Waals surface area contributed by atoms with Crippen LogP contribution in [0.3, 0.4) is 0 Å². The number of hydrogen-bond donors (Lipinski definition) is 0. The molecule has 0 radical (unpaired) electrons. The third kappa shape index (κ3) is 3.63. The summed E-state index contributed by atoms with van der Waals surface area (Å²) in [5.74, 6) is -0.598. The number of aryl methyl sites for hydroxylation is 1. The topological polar surface area (TPSA) is 72.2 Å². The quantitative estimate of drug-likeness (QED) is 0.736.